The summed E-state index contributed by atoms with van der Waals surface area (Å²) in [6, 6.07) is 27.3. The molecule has 1 aliphatic heterocycles. The van der Waals surface area contributed by atoms with Gasteiger partial charge in [0.05, 0.1) is 5.56 Å². The lowest BCUT2D eigenvalue weighted by Gasteiger charge is -2.36. The highest BCUT2D eigenvalue weighted by atomic mass is 127. The van der Waals surface area contributed by atoms with E-state index in [1.807, 2.05) is 84.9 Å². The number of nitrogens with one attached hydrogen (secondary N) is 1. The van der Waals surface area contributed by atoms with Crippen LogP contribution in [0.5, 0.6) is 0 Å². The molecule has 30 heavy (non-hydrogen) atoms. The zero-order chi connectivity index (χ0) is 20.7. The van der Waals surface area contributed by atoms with E-state index in [9.17, 15) is 4.79 Å². The summed E-state index contributed by atoms with van der Waals surface area (Å²) in [4.78, 5) is 15.2. The van der Waals surface area contributed by atoms with Gasteiger partial charge in [-0.3, -0.25) is 9.69 Å². The fourth-order valence-electron chi connectivity index (χ4n) is 3.59. The molecule has 0 bridgehead atoms. The maximum atomic E-state index is 13.4. The Bertz CT molecular complexity index is 1220. The summed E-state index contributed by atoms with van der Waals surface area (Å²) in [6.07, 6.45) is -0.448. The number of hydrogen-bond donors (Lipinski definition) is 1. The molecule has 0 aliphatic carbocycles. The molecule has 1 aliphatic rings. The number of carbonyl (C=O) groups excluding carboxylic acids is 1. The van der Waals surface area contributed by atoms with Crippen molar-refractivity contribution in [3.8, 4) is 11.3 Å². The van der Waals surface area contributed by atoms with Crippen LogP contribution in [0, 0.1) is 3.57 Å². The van der Waals surface area contributed by atoms with Crippen molar-refractivity contribution in [2.75, 3.05) is 10.2 Å². The Labute approximate surface area is 196 Å². The number of fused-ring (bicyclic) bond motifs is 1. The molecular formula is C24H16BrIN2O2. The van der Waals surface area contributed by atoms with Crippen molar-refractivity contribution in [2.24, 2.45) is 0 Å². The number of nitrogens with zero attached hydrogens (tertiary/aromatic N) is 1. The number of benzene rings is 3. The molecule has 0 radical (unpaired) electrons. The number of halogens is 2. The van der Waals surface area contributed by atoms with E-state index >= 15 is 0 Å². The molecule has 4 aromatic rings. The molecule has 4 nitrogen and oxygen atoms in total. The molecule has 3 aromatic carbocycles. The number of para-hydroxylation sites is 1. The largest absolute Gasteiger partial charge is 0.457 e. The van der Waals surface area contributed by atoms with Gasteiger partial charge in [0.25, 0.3) is 5.91 Å². The van der Waals surface area contributed by atoms with Crippen molar-refractivity contribution < 1.29 is 9.21 Å². The minimum absolute atomic E-state index is 0.0582. The van der Waals surface area contributed by atoms with Gasteiger partial charge in [0.1, 0.15) is 11.5 Å². The van der Waals surface area contributed by atoms with Crippen LogP contribution < -0.4 is 10.2 Å². The predicted octanol–water partition coefficient (Wildman–Crippen LogP) is 7.08. The monoisotopic (exact) mass is 570 g/mol. The van der Waals surface area contributed by atoms with Crippen LogP contribution in [-0.2, 0) is 0 Å². The highest BCUT2D eigenvalue weighted by molar-refractivity contribution is 14.1. The Hall–Kier alpha value is -2.58. The van der Waals surface area contributed by atoms with E-state index in [1.165, 1.54) is 0 Å². The van der Waals surface area contributed by atoms with Crippen molar-refractivity contribution in [2.45, 2.75) is 6.17 Å². The van der Waals surface area contributed by atoms with Crippen molar-refractivity contribution in [3.63, 3.8) is 0 Å². The molecule has 5 rings (SSSR count). The molecule has 1 aromatic heterocycles. The first kappa shape index (κ1) is 19.4. The third-order valence-electron chi connectivity index (χ3n) is 5.06. The second-order valence-electron chi connectivity index (χ2n) is 6.95. The van der Waals surface area contributed by atoms with Gasteiger partial charge < -0.3 is 9.73 Å². The highest BCUT2D eigenvalue weighted by Gasteiger charge is 2.35. The lowest BCUT2D eigenvalue weighted by Crippen LogP contribution is -2.43. The standard InChI is InChI=1S/C24H16BrIN2O2/c25-16-7-5-15(6-8-16)21-13-14-22(30-21)23-27-20-4-2-1-3-19(20)24(29)28(23)18-11-9-17(26)10-12-18/h1-14,23,27H/t23-/m0/s1. The molecule has 2 heterocycles. The first-order valence-corrected chi connectivity index (χ1v) is 11.3. The summed E-state index contributed by atoms with van der Waals surface area (Å²) in [6.45, 7) is 0. The van der Waals surface area contributed by atoms with Gasteiger partial charge in [-0.2, -0.15) is 0 Å². The average molecular weight is 571 g/mol. The second kappa shape index (κ2) is 7.92. The zero-order valence-electron chi connectivity index (χ0n) is 15.7. The molecular weight excluding hydrogens is 555 g/mol. The molecule has 0 spiro atoms. The summed E-state index contributed by atoms with van der Waals surface area (Å²) in [5.41, 5.74) is 3.24. The number of furan rings is 1. The number of hydrogen-bond acceptors (Lipinski definition) is 3. The van der Waals surface area contributed by atoms with Crippen LogP contribution in [-0.4, -0.2) is 5.91 Å². The fourth-order valence-corrected chi connectivity index (χ4v) is 4.21. The van der Waals surface area contributed by atoms with Gasteiger partial charge in [0, 0.05) is 25.0 Å². The molecule has 1 atom stereocenters. The lowest BCUT2D eigenvalue weighted by atomic mass is 10.1. The Morgan fingerprint density at radius 2 is 1.63 bits per heavy atom. The van der Waals surface area contributed by atoms with Gasteiger partial charge in [0.2, 0.25) is 0 Å². The summed E-state index contributed by atoms with van der Waals surface area (Å²) >= 11 is 5.72. The smallest absolute Gasteiger partial charge is 0.262 e. The van der Waals surface area contributed by atoms with Crippen LogP contribution in [0.15, 0.2) is 93.8 Å². The van der Waals surface area contributed by atoms with E-state index in [4.69, 9.17) is 4.42 Å². The van der Waals surface area contributed by atoms with Gasteiger partial charge in [-0.25, -0.2) is 0 Å². The third-order valence-corrected chi connectivity index (χ3v) is 6.30. The predicted molar refractivity (Wildman–Crippen MR) is 131 cm³/mol. The first-order chi connectivity index (χ1) is 14.6. The van der Waals surface area contributed by atoms with E-state index in [1.54, 1.807) is 4.90 Å². The fraction of sp³-hybridized carbons (Fsp3) is 0.0417. The Balaban J connectivity index is 1.58. The summed E-state index contributed by atoms with van der Waals surface area (Å²) in [5.74, 6) is 1.37. The lowest BCUT2D eigenvalue weighted by molar-refractivity contribution is 0.0972. The Morgan fingerprint density at radius 3 is 2.40 bits per heavy atom. The average Bonchev–Trinajstić information content (AvgIpc) is 3.25. The topological polar surface area (TPSA) is 45.5 Å². The number of carbonyl (C=O) groups is 1. The van der Waals surface area contributed by atoms with Gasteiger partial charge in [-0.15, -0.1) is 0 Å². The van der Waals surface area contributed by atoms with Gasteiger partial charge in [-0.1, -0.05) is 40.2 Å². The zero-order valence-corrected chi connectivity index (χ0v) is 19.4. The van der Waals surface area contributed by atoms with E-state index < -0.39 is 6.17 Å². The minimum atomic E-state index is -0.448. The van der Waals surface area contributed by atoms with Crippen molar-refractivity contribution >= 4 is 55.8 Å². The maximum absolute atomic E-state index is 13.4. The molecule has 0 unspecified atom stereocenters. The number of amides is 1. The van der Waals surface area contributed by atoms with Crippen molar-refractivity contribution in [3.05, 3.63) is 104 Å². The van der Waals surface area contributed by atoms with Crippen LogP contribution in [0.2, 0.25) is 0 Å². The minimum Gasteiger partial charge on any atom is -0.457 e. The van der Waals surface area contributed by atoms with E-state index in [2.05, 4.69) is 43.8 Å². The number of anilines is 2. The summed E-state index contributed by atoms with van der Waals surface area (Å²) in [5, 5.41) is 3.48. The molecule has 148 valence electrons. The van der Waals surface area contributed by atoms with E-state index in [0.29, 0.717) is 11.3 Å². The van der Waals surface area contributed by atoms with Crippen LogP contribution >= 0.6 is 38.5 Å². The quantitative estimate of drug-likeness (QED) is 0.268. The molecule has 1 amide bonds. The SMILES string of the molecule is O=C1c2ccccc2N[C@H](c2ccc(-c3ccc(Br)cc3)o2)N1c1ccc(I)cc1. The van der Waals surface area contributed by atoms with Crippen molar-refractivity contribution in [1.29, 1.82) is 0 Å². The summed E-state index contributed by atoms with van der Waals surface area (Å²) < 4.78 is 8.34. The van der Waals surface area contributed by atoms with Gasteiger partial charge in [-0.05, 0) is 83.3 Å². The number of rotatable bonds is 3. The summed E-state index contributed by atoms with van der Waals surface area (Å²) in [7, 11) is 0. The van der Waals surface area contributed by atoms with Gasteiger partial charge >= 0.3 is 0 Å². The van der Waals surface area contributed by atoms with Crippen LogP contribution in [0.4, 0.5) is 11.4 Å². The Morgan fingerprint density at radius 1 is 0.900 bits per heavy atom. The molecule has 1 N–H and O–H groups in total. The maximum Gasteiger partial charge on any atom is 0.262 e. The van der Waals surface area contributed by atoms with Crippen LogP contribution in [0.25, 0.3) is 11.3 Å². The van der Waals surface area contributed by atoms with Crippen molar-refractivity contribution in [1.82, 2.24) is 0 Å². The molecule has 6 heteroatoms. The van der Waals surface area contributed by atoms with Gasteiger partial charge in [0.15, 0.2) is 6.17 Å². The van der Waals surface area contributed by atoms with E-state index in [-0.39, 0.29) is 5.91 Å². The molecule has 0 saturated heterocycles. The van der Waals surface area contributed by atoms with Crippen LogP contribution in [0.1, 0.15) is 22.3 Å². The first-order valence-electron chi connectivity index (χ1n) is 9.40. The van der Waals surface area contributed by atoms with E-state index in [0.717, 1.165) is 30.7 Å². The second-order valence-corrected chi connectivity index (χ2v) is 9.11. The molecule has 0 saturated carbocycles. The normalized spacial score (nSPS) is 15.6. The van der Waals surface area contributed by atoms with Crippen LogP contribution in [0.3, 0.4) is 0 Å². The molecule has 0 fully saturated rings. The third kappa shape index (κ3) is 3.54. The highest BCUT2D eigenvalue weighted by Crippen LogP contribution is 2.38. The Kier molecular flexibility index (Phi) is 5.12.